The quantitative estimate of drug-likeness (QED) is 0.170. The SMILES string of the molecule is CCCCC(CC)Cc1cccc(C(=O)O)c1O.CCCCCCCCOC(=O)c1ccccc1O. The summed E-state index contributed by atoms with van der Waals surface area (Å²) in [6, 6.07) is 11.4. The van der Waals surface area contributed by atoms with Gasteiger partial charge >= 0.3 is 11.9 Å². The lowest BCUT2D eigenvalue weighted by atomic mass is 9.91. The van der Waals surface area contributed by atoms with Crippen LogP contribution in [0.1, 0.15) is 111 Å². The Bertz CT molecular complexity index is 908. The van der Waals surface area contributed by atoms with Gasteiger partial charge in [-0.3, -0.25) is 0 Å². The molecule has 1 unspecified atom stereocenters. The topological polar surface area (TPSA) is 104 Å². The van der Waals surface area contributed by atoms with Crippen LogP contribution in [-0.2, 0) is 11.2 Å². The first-order chi connectivity index (χ1) is 17.3. The summed E-state index contributed by atoms with van der Waals surface area (Å²) in [7, 11) is 0. The minimum atomic E-state index is -1.07. The number of benzene rings is 2. The van der Waals surface area contributed by atoms with Gasteiger partial charge < -0.3 is 20.1 Å². The molecule has 0 spiro atoms. The highest BCUT2D eigenvalue weighted by molar-refractivity contribution is 5.92. The molecule has 0 heterocycles. The van der Waals surface area contributed by atoms with E-state index in [0.717, 1.165) is 44.1 Å². The van der Waals surface area contributed by atoms with Crippen LogP contribution in [0.2, 0.25) is 0 Å². The van der Waals surface area contributed by atoms with E-state index in [1.54, 1.807) is 24.3 Å². The number of unbranched alkanes of at least 4 members (excludes halogenated alkanes) is 6. The molecular weight excluding hydrogens is 456 g/mol. The molecule has 6 nitrogen and oxygen atoms in total. The Morgan fingerprint density at radius 3 is 2.08 bits per heavy atom. The van der Waals surface area contributed by atoms with E-state index in [2.05, 4.69) is 20.8 Å². The average molecular weight is 501 g/mol. The summed E-state index contributed by atoms with van der Waals surface area (Å²) < 4.78 is 5.12. The lowest BCUT2D eigenvalue weighted by Crippen LogP contribution is -2.06. The fourth-order valence-corrected chi connectivity index (χ4v) is 3.95. The normalized spacial score (nSPS) is 11.3. The number of aromatic hydroxyl groups is 2. The minimum absolute atomic E-state index is 0.00200. The number of carboxylic acid groups (broad SMARTS) is 1. The van der Waals surface area contributed by atoms with E-state index in [4.69, 9.17) is 9.84 Å². The number of carbonyl (C=O) groups excluding carboxylic acids is 1. The van der Waals surface area contributed by atoms with Gasteiger partial charge in [0.1, 0.15) is 22.6 Å². The molecule has 0 bridgehead atoms. The van der Waals surface area contributed by atoms with Crippen molar-refractivity contribution >= 4 is 11.9 Å². The van der Waals surface area contributed by atoms with E-state index in [-0.39, 0.29) is 22.6 Å². The van der Waals surface area contributed by atoms with Crippen molar-refractivity contribution < 1.29 is 29.6 Å². The summed E-state index contributed by atoms with van der Waals surface area (Å²) in [4.78, 5) is 22.6. The first-order valence-corrected chi connectivity index (χ1v) is 13.3. The second-order valence-corrected chi connectivity index (χ2v) is 9.16. The first kappa shape index (κ1) is 31.0. The van der Waals surface area contributed by atoms with Crippen molar-refractivity contribution in [2.45, 2.75) is 91.4 Å². The molecular formula is C30H44O6. The Balaban J connectivity index is 0.000000360. The highest BCUT2D eigenvalue weighted by atomic mass is 16.5. The fourth-order valence-electron chi connectivity index (χ4n) is 3.95. The third kappa shape index (κ3) is 11.6. The molecule has 0 aliphatic heterocycles. The number of hydrogen-bond acceptors (Lipinski definition) is 5. The van der Waals surface area contributed by atoms with E-state index < -0.39 is 11.9 Å². The summed E-state index contributed by atoms with van der Waals surface area (Å²) in [6.07, 6.45) is 12.2. The Labute approximate surface area is 216 Å². The molecule has 0 aliphatic rings. The number of aromatic carboxylic acids is 1. The van der Waals surface area contributed by atoms with Gasteiger partial charge in [-0.1, -0.05) is 103 Å². The Hall–Kier alpha value is -3.02. The number of esters is 1. The molecule has 0 aliphatic carbocycles. The standard InChI is InChI=1S/2C15H22O3/c1-3-5-7-11(4-2)10-12-8-6-9-13(14(12)16)15(17)18;1-2-3-4-5-6-9-12-18-15(17)13-10-7-8-11-14(13)16/h6,8-9,11,16H,3-5,7,10H2,1-2H3,(H,17,18);7-8,10-11,16H,2-6,9,12H2,1H3. The lowest BCUT2D eigenvalue weighted by molar-refractivity contribution is 0.0494. The maximum absolute atomic E-state index is 11.6. The van der Waals surface area contributed by atoms with Crippen LogP contribution in [0.3, 0.4) is 0 Å². The number of para-hydroxylation sites is 2. The molecule has 200 valence electrons. The third-order valence-electron chi connectivity index (χ3n) is 6.26. The van der Waals surface area contributed by atoms with Gasteiger partial charge in [-0.15, -0.1) is 0 Å². The van der Waals surface area contributed by atoms with Crippen molar-refractivity contribution in [2.75, 3.05) is 6.61 Å². The zero-order valence-electron chi connectivity index (χ0n) is 22.2. The van der Waals surface area contributed by atoms with Crippen LogP contribution in [0.5, 0.6) is 11.5 Å². The molecule has 3 N–H and O–H groups in total. The highest BCUT2D eigenvalue weighted by Crippen LogP contribution is 2.27. The van der Waals surface area contributed by atoms with Gasteiger partial charge in [-0.05, 0) is 42.5 Å². The predicted octanol–water partition coefficient (Wildman–Crippen LogP) is 7.76. The lowest BCUT2D eigenvalue weighted by Gasteiger charge is -2.15. The van der Waals surface area contributed by atoms with Crippen molar-refractivity contribution in [1.29, 1.82) is 0 Å². The van der Waals surface area contributed by atoms with Crippen LogP contribution in [0.25, 0.3) is 0 Å². The summed E-state index contributed by atoms with van der Waals surface area (Å²) in [5.41, 5.74) is 0.985. The van der Waals surface area contributed by atoms with Crippen molar-refractivity contribution in [3.8, 4) is 11.5 Å². The third-order valence-corrected chi connectivity index (χ3v) is 6.26. The van der Waals surface area contributed by atoms with Gasteiger partial charge in [-0.25, -0.2) is 9.59 Å². The minimum Gasteiger partial charge on any atom is -0.507 e. The number of phenols is 2. The fraction of sp³-hybridized carbons (Fsp3) is 0.533. The van der Waals surface area contributed by atoms with Crippen LogP contribution < -0.4 is 0 Å². The van der Waals surface area contributed by atoms with Crippen LogP contribution in [0.4, 0.5) is 0 Å². The number of carboxylic acids is 1. The van der Waals surface area contributed by atoms with E-state index in [1.807, 2.05) is 6.07 Å². The Morgan fingerprint density at radius 1 is 0.806 bits per heavy atom. The van der Waals surface area contributed by atoms with Crippen LogP contribution >= 0.6 is 0 Å². The van der Waals surface area contributed by atoms with Crippen molar-refractivity contribution in [3.05, 3.63) is 59.2 Å². The van der Waals surface area contributed by atoms with Gasteiger partial charge in [0.25, 0.3) is 0 Å². The zero-order valence-corrected chi connectivity index (χ0v) is 22.2. The molecule has 0 amide bonds. The van der Waals surface area contributed by atoms with Gasteiger partial charge in [0, 0.05) is 0 Å². The van der Waals surface area contributed by atoms with E-state index in [1.165, 1.54) is 44.2 Å². The molecule has 0 saturated carbocycles. The zero-order chi connectivity index (χ0) is 26.8. The number of ether oxygens (including phenoxy) is 1. The molecule has 0 radical (unpaired) electrons. The molecule has 0 aromatic heterocycles. The van der Waals surface area contributed by atoms with E-state index >= 15 is 0 Å². The molecule has 0 saturated heterocycles. The molecule has 2 rings (SSSR count). The summed E-state index contributed by atoms with van der Waals surface area (Å²) in [6.45, 7) is 6.92. The summed E-state index contributed by atoms with van der Waals surface area (Å²) in [5.74, 6) is -1.09. The first-order valence-electron chi connectivity index (χ1n) is 13.3. The van der Waals surface area contributed by atoms with Gasteiger partial charge in [0.2, 0.25) is 0 Å². The number of rotatable bonds is 15. The van der Waals surface area contributed by atoms with E-state index in [0.29, 0.717) is 12.5 Å². The molecule has 0 fully saturated rings. The average Bonchev–Trinajstić information content (AvgIpc) is 2.87. The maximum atomic E-state index is 11.6. The summed E-state index contributed by atoms with van der Waals surface area (Å²) in [5, 5.41) is 28.4. The second-order valence-electron chi connectivity index (χ2n) is 9.16. The smallest absolute Gasteiger partial charge is 0.341 e. The Kier molecular flexibility index (Phi) is 15.7. The molecule has 2 aromatic rings. The summed E-state index contributed by atoms with van der Waals surface area (Å²) >= 11 is 0. The van der Waals surface area contributed by atoms with Crippen molar-refractivity contribution in [1.82, 2.24) is 0 Å². The Morgan fingerprint density at radius 2 is 1.44 bits per heavy atom. The van der Waals surface area contributed by atoms with Crippen LogP contribution in [0, 0.1) is 5.92 Å². The molecule has 6 heteroatoms. The molecule has 36 heavy (non-hydrogen) atoms. The highest BCUT2D eigenvalue weighted by Gasteiger charge is 2.16. The number of carbonyl (C=O) groups is 2. The number of hydrogen-bond donors (Lipinski definition) is 3. The van der Waals surface area contributed by atoms with Crippen molar-refractivity contribution in [3.63, 3.8) is 0 Å². The largest absolute Gasteiger partial charge is 0.507 e. The molecule has 2 aromatic carbocycles. The van der Waals surface area contributed by atoms with Gasteiger partial charge in [0.15, 0.2) is 0 Å². The monoisotopic (exact) mass is 500 g/mol. The van der Waals surface area contributed by atoms with E-state index in [9.17, 15) is 19.8 Å². The molecule has 1 atom stereocenters. The van der Waals surface area contributed by atoms with Gasteiger partial charge in [-0.2, -0.15) is 0 Å². The van der Waals surface area contributed by atoms with Crippen molar-refractivity contribution in [2.24, 2.45) is 5.92 Å². The van der Waals surface area contributed by atoms with Crippen LogP contribution in [-0.4, -0.2) is 33.9 Å². The second kappa shape index (κ2) is 18.3. The van der Waals surface area contributed by atoms with Gasteiger partial charge in [0.05, 0.1) is 6.61 Å². The van der Waals surface area contributed by atoms with Crippen LogP contribution in [0.15, 0.2) is 42.5 Å². The maximum Gasteiger partial charge on any atom is 0.341 e. The number of phenolic OH excluding ortho intramolecular Hbond substituents is 1. The predicted molar refractivity (Wildman–Crippen MR) is 144 cm³/mol.